The van der Waals surface area contributed by atoms with Crippen LogP contribution in [0.4, 0.5) is 0 Å². The first-order valence-electron chi connectivity index (χ1n) is 11.0. The molecular weight excluding hydrogens is 402 g/mol. The topological polar surface area (TPSA) is 56.8 Å². The van der Waals surface area contributed by atoms with Crippen molar-refractivity contribution in [3.63, 3.8) is 0 Å². The summed E-state index contributed by atoms with van der Waals surface area (Å²) in [5.41, 5.74) is 2.77. The number of rotatable bonds is 12. The predicted octanol–water partition coefficient (Wildman–Crippen LogP) is 5.43. The van der Waals surface area contributed by atoms with Gasteiger partial charge < -0.3 is 19.5 Å². The lowest BCUT2D eigenvalue weighted by Crippen LogP contribution is -2.22. The van der Waals surface area contributed by atoms with E-state index in [2.05, 4.69) is 24.4 Å². The number of amides is 1. The largest absolute Gasteiger partial charge is 0.493 e. The van der Waals surface area contributed by atoms with Crippen LogP contribution in [-0.4, -0.2) is 26.2 Å². The number of nitrogens with one attached hydrogen (secondary N) is 1. The average Bonchev–Trinajstić information content (AvgIpc) is 2.84. The van der Waals surface area contributed by atoms with Gasteiger partial charge in [0.2, 0.25) is 0 Å². The van der Waals surface area contributed by atoms with Crippen LogP contribution in [0.2, 0.25) is 0 Å². The van der Waals surface area contributed by atoms with Crippen molar-refractivity contribution in [3.05, 3.63) is 89.5 Å². The predicted molar refractivity (Wildman–Crippen MR) is 127 cm³/mol. The Morgan fingerprint density at radius 2 is 1.62 bits per heavy atom. The highest BCUT2D eigenvalue weighted by Crippen LogP contribution is 2.28. The Balaban J connectivity index is 1.48. The van der Waals surface area contributed by atoms with Crippen LogP contribution in [0.3, 0.4) is 0 Å². The second-order valence-electron chi connectivity index (χ2n) is 7.48. The van der Waals surface area contributed by atoms with Crippen molar-refractivity contribution in [1.29, 1.82) is 0 Å². The first-order chi connectivity index (χ1) is 15.7. The zero-order chi connectivity index (χ0) is 22.6. The van der Waals surface area contributed by atoms with Crippen LogP contribution in [-0.2, 0) is 13.0 Å². The molecule has 0 aliphatic carbocycles. The van der Waals surface area contributed by atoms with Crippen LogP contribution >= 0.6 is 0 Å². The van der Waals surface area contributed by atoms with Crippen molar-refractivity contribution >= 4 is 5.91 Å². The fourth-order valence-electron chi connectivity index (χ4n) is 3.19. The Morgan fingerprint density at radius 3 is 2.34 bits per heavy atom. The molecule has 0 saturated carbocycles. The lowest BCUT2D eigenvalue weighted by atomic mass is 10.1. The van der Waals surface area contributed by atoms with Gasteiger partial charge in [-0.2, -0.15) is 0 Å². The molecule has 0 atom stereocenters. The maximum atomic E-state index is 12.5. The van der Waals surface area contributed by atoms with E-state index in [1.54, 1.807) is 19.2 Å². The van der Waals surface area contributed by atoms with Gasteiger partial charge in [-0.25, -0.2) is 0 Å². The minimum Gasteiger partial charge on any atom is -0.493 e. The van der Waals surface area contributed by atoms with E-state index >= 15 is 0 Å². The van der Waals surface area contributed by atoms with E-state index in [0.717, 1.165) is 36.3 Å². The highest BCUT2D eigenvalue weighted by atomic mass is 16.5. The second kappa shape index (κ2) is 12.4. The molecule has 0 bridgehead atoms. The minimum atomic E-state index is -0.136. The average molecular weight is 434 g/mol. The van der Waals surface area contributed by atoms with Gasteiger partial charge in [-0.3, -0.25) is 4.79 Å². The molecular formula is C27H31NO4. The Kier molecular flexibility index (Phi) is 8.99. The van der Waals surface area contributed by atoms with Gasteiger partial charge in [-0.1, -0.05) is 49.7 Å². The van der Waals surface area contributed by atoms with E-state index < -0.39 is 0 Å². The molecule has 0 spiro atoms. The van der Waals surface area contributed by atoms with Crippen LogP contribution < -0.4 is 19.5 Å². The molecule has 5 heteroatoms. The third-order valence-electron chi connectivity index (χ3n) is 5.06. The molecule has 1 N–H and O–H groups in total. The Labute approximate surface area is 190 Å². The first-order valence-corrected chi connectivity index (χ1v) is 11.0. The number of carbonyl (C=O) groups excluding carboxylic acids is 1. The van der Waals surface area contributed by atoms with Crippen molar-refractivity contribution in [3.8, 4) is 17.2 Å². The summed E-state index contributed by atoms with van der Waals surface area (Å²) >= 11 is 0. The van der Waals surface area contributed by atoms with E-state index in [4.69, 9.17) is 14.2 Å². The zero-order valence-electron chi connectivity index (χ0n) is 18.8. The van der Waals surface area contributed by atoms with Crippen LogP contribution in [0.25, 0.3) is 0 Å². The minimum absolute atomic E-state index is 0.136. The molecule has 3 rings (SSSR count). The third-order valence-corrected chi connectivity index (χ3v) is 5.06. The zero-order valence-corrected chi connectivity index (χ0v) is 18.8. The van der Waals surface area contributed by atoms with Crippen LogP contribution in [0.15, 0.2) is 72.8 Å². The van der Waals surface area contributed by atoms with Crippen LogP contribution in [0.1, 0.15) is 41.3 Å². The van der Waals surface area contributed by atoms with Crippen LogP contribution in [0.5, 0.6) is 17.2 Å². The number of benzene rings is 3. The summed E-state index contributed by atoms with van der Waals surface area (Å²) in [5.74, 6) is 2.01. The van der Waals surface area contributed by atoms with Gasteiger partial charge in [0, 0.05) is 18.5 Å². The van der Waals surface area contributed by atoms with Gasteiger partial charge in [0.15, 0.2) is 11.5 Å². The number of methoxy groups -OCH3 is 1. The summed E-state index contributed by atoms with van der Waals surface area (Å²) in [6.45, 7) is 3.78. The highest BCUT2D eigenvalue weighted by Gasteiger charge is 2.09. The molecule has 0 fully saturated rings. The highest BCUT2D eigenvalue weighted by molar-refractivity contribution is 5.94. The normalized spacial score (nSPS) is 10.4. The number of ether oxygens (including phenoxy) is 3. The van der Waals surface area contributed by atoms with Crippen LogP contribution in [0, 0.1) is 0 Å². The van der Waals surface area contributed by atoms with Crippen molar-refractivity contribution in [1.82, 2.24) is 5.32 Å². The molecule has 0 aliphatic rings. The number of hydrogen-bond donors (Lipinski definition) is 1. The Morgan fingerprint density at radius 1 is 0.844 bits per heavy atom. The number of hydrogen-bond acceptors (Lipinski definition) is 4. The van der Waals surface area contributed by atoms with E-state index in [9.17, 15) is 4.79 Å². The fourth-order valence-corrected chi connectivity index (χ4v) is 3.19. The smallest absolute Gasteiger partial charge is 0.251 e. The van der Waals surface area contributed by atoms with Crippen molar-refractivity contribution in [2.24, 2.45) is 0 Å². The molecule has 0 unspecified atom stereocenters. The SMILES string of the molecule is CCCCOc1ccc(CNC(=O)c2ccc(OCCc3ccccc3)cc2)cc1OC. The summed E-state index contributed by atoms with van der Waals surface area (Å²) in [7, 11) is 1.62. The molecule has 168 valence electrons. The van der Waals surface area contributed by atoms with Gasteiger partial charge in [0.25, 0.3) is 5.91 Å². The first kappa shape index (κ1) is 23.2. The molecule has 3 aromatic rings. The van der Waals surface area contributed by atoms with Gasteiger partial charge >= 0.3 is 0 Å². The number of carbonyl (C=O) groups is 1. The fraction of sp³-hybridized carbons (Fsp3) is 0.296. The van der Waals surface area contributed by atoms with Crippen molar-refractivity contribution in [2.45, 2.75) is 32.7 Å². The Hall–Kier alpha value is -3.47. The monoisotopic (exact) mass is 433 g/mol. The van der Waals surface area contributed by atoms with Crippen molar-refractivity contribution < 1.29 is 19.0 Å². The quantitative estimate of drug-likeness (QED) is 0.387. The lowest BCUT2D eigenvalue weighted by Gasteiger charge is -2.12. The lowest BCUT2D eigenvalue weighted by molar-refractivity contribution is 0.0951. The molecule has 0 aromatic heterocycles. The third kappa shape index (κ3) is 7.05. The summed E-state index contributed by atoms with van der Waals surface area (Å²) < 4.78 is 17.0. The van der Waals surface area contributed by atoms with E-state index in [0.29, 0.717) is 31.1 Å². The summed E-state index contributed by atoms with van der Waals surface area (Å²) in [4.78, 5) is 12.5. The number of unbranched alkanes of at least 4 members (excludes halogenated alkanes) is 1. The standard InChI is InChI=1S/C27H31NO4/c1-3-4-17-32-25-15-10-22(19-26(25)30-2)20-28-27(29)23-11-13-24(14-12-23)31-18-16-21-8-6-5-7-9-21/h5-15,19H,3-4,16-18,20H2,1-2H3,(H,28,29). The summed E-state index contributed by atoms with van der Waals surface area (Å²) in [5, 5.41) is 2.95. The molecule has 0 radical (unpaired) electrons. The van der Waals surface area contributed by atoms with E-state index in [1.165, 1.54) is 5.56 Å². The molecule has 1 amide bonds. The Bertz CT molecular complexity index is 971. The van der Waals surface area contributed by atoms with Gasteiger partial charge in [0.05, 0.1) is 20.3 Å². The molecule has 0 heterocycles. The maximum Gasteiger partial charge on any atom is 0.251 e. The summed E-state index contributed by atoms with van der Waals surface area (Å²) in [6, 6.07) is 23.1. The van der Waals surface area contributed by atoms with E-state index in [1.807, 2.05) is 48.5 Å². The maximum absolute atomic E-state index is 12.5. The molecule has 5 nitrogen and oxygen atoms in total. The second-order valence-corrected chi connectivity index (χ2v) is 7.48. The molecule has 32 heavy (non-hydrogen) atoms. The molecule has 3 aromatic carbocycles. The molecule has 0 aliphatic heterocycles. The summed E-state index contributed by atoms with van der Waals surface area (Å²) in [6.07, 6.45) is 2.92. The van der Waals surface area contributed by atoms with Gasteiger partial charge in [-0.15, -0.1) is 0 Å². The van der Waals surface area contributed by atoms with E-state index in [-0.39, 0.29) is 5.91 Å². The molecule has 0 saturated heterocycles. The van der Waals surface area contributed by atoms with Gasteiger partial charge in [-0.05, 0) is 53.9 Å². The van der Waals surface area contributed by atoms with Gasteiger partial charge in [0.1, 0.15) is 5.75 Å². The van der Waals surface area contributed by atoms with Crippen molar-refractivity contribution in [2.75, 3.05) is 20.3 Å².